The molecule has 8 N–H and O–H groups in total. The van der Waals surface area contributed by atoms with Crippen LogP contribution < -0.4 is 21.8 Å². The number of hydrogen-bond acceptors (Lipinski definition) is 14. The number of β-lactam (4-membered cyclic amide) rings is 1. The summed E-state index contributed by atoms with van der Waals surface area (Å²) in [5, 5.41) is 49.8. The predicted octanol–water partition coefficient (Wildman–Crippen LogP) is 0.834. The molecule has 2 unspecified atom stereocenters. The number of carbonyl (C=O) groups is 5. The van der Waals surface area contributed by atoms with Gasteiger partial charge in [-0.3, -0.25) is 24.1 Å². The largest absolute Gasteiger partial charge is 0.504 e. The number of aromatic hydroxyl groups is 2. The van der Waals surface area contributed by atoms with Crippen LogP contribution in [0.25, 0.3) is 10.9 Å². The van der Waals surface area contributed by atoms with Crippen molar-refractivity contribution in [2.75, 3.05) is 44.2 Å². The van der Waals surface area contributed by atoms with Crippen molar-refractivity contribution in [3.05, 3.63) is 56.5 Å². The quantitative estimate of drug-likeness (QED) is 0.0391. The lowest BCUT2D eigenvalue weighted by atomic mass is 10.0. The molecule has 2 saturated heterocycles. The molecule has 0 spiro atoms. The molecule has 3 aliphatic rings. The van der Waals surface area contributed by atoms with Gasteiger partial charge in [-0.1, -0.05) is 5.16 Å². The van der Waals surface area contributed by atoms with Gasteiger partial charge in [-0.2, -0.15) is 0 Å². The molecule has 19 nitrogen and oxygen atoms in total. The Hall–Kier alpha value is -5.67. The van der Waals surface area contributed by atoms with Crippen LogP contribution >= 0.6 is 23.1 Å². The number of nitrogens with zero attached hydrogens (tertiary/aromatic N) is 5. The average Bonchev–Trinajstić information content (AvgIpc) is 3.80. The number of oxime groups is 1. The first kappa shape index (κ1) is 40.0. The lowest BCUT2D eigenvalue weighted by molar-refractivity contribution is -0.911. The van der Waals surface area contributed by atoms with E-state index in [0.717, 1.165) is 35.1 Å². The highest BCUT2D eigenvalue weighted by atomic mass is 32.2. The number of anilines is 1. The molecule has 3 aromatic rings. The summed E-state index contributed by atoms with van der Waals surface area (Å²) in [7, 11) is 0. The Balaban J connectivity index is 1.16. The van der Waals surface area contributed by atoms with Gasteiger partial charge in [0.2, 0.25) is 11.0 Å². The summed E-state index contributed by atoms with van der Waals surface area (Å²) in [5.74, 6) is -5.46. The van der Waals surface area contributed by atoms with Crippen molar-refractivity contribution in [1.82, 2.24) is 25.1 Å². The summed E-state index contributed by atoms with van der Waals surface area (Å²) < 4.78 is 2.06. The van der Waals surface area contributed by atoms with Crippen LogP contribution in [0, 0.1) is 0 Å². The summed E-state index contributed by atoms with van der Waals surface area (Å²) in [6.45, 7) is 6.90. The number of thiazole rings is 1. The monoisotopic (exact) mass is 813 g/mol. The Bertz CT molecular complexity index is 2260. The number of rotatable bonds is 14. The van der Waals surface area contributed by atoms with E-state index >= 15 is 0 Å². The minimum atomic E-state index is -1.80. The van der Waals surface area contributed by atoms with Crippen LogP contribution in [-0.2, 0) is 30.6 Å². The van der Waals surface area contributed by atoms with Gasteiger partial charge in [0.05, 0.1) is 37.1 Å². The normalized spacial score (nSPS) is 19.4. The molecule has 56 heavy (non-hydrogen) atoms. The fourth-order valence-electron chi connectivity index (χ4n) is 7.03. The highest BCUT2D eigenvalue weighted by Crippen LogP contribution is 2.41. The van der Waals surface area contributed by atoms with Crippen molar-refractivity contribution < 1.29 is 53.7 Å². The minimum Gasteiger partial charge on any atom is -0.504 e. The molecule has 3 amide bonds. The summed E-state index contributed by atoms with van der Waals surface area (Å²) >= 11 is 2.29. The van der Waals surface area contributed by atoms with E-state index in [1.807, 2.05) is 6.92 Å². The Morgan fingerprint density at radius 3 is 2.45 bits per heavy atom. The van der Waals surface area contributed by atoms with Gasteiger partial charge in [0.15, 0.2) is 22.3 Å². The number of aromatic nitrogens is 2. The number of quaternary nitrogens is 1. The molecule has 2 atom stereocenters. The molecular formula is C35H41N8O11S2+. The van der Waals surface area contributed by atoms with Crippen LogP contribution in [0.2, 0.25) is 0 Å². The number of benzene rings is 1. The number of aliphatic carboxylic acids is 2. The maximum Gasteiger partial charge on any atom is 0.352 e. The number of nitrogen functional groups attached to an aromatic ring is 1. The molecular weight excluding hydrogens is 773 g/mol. The Kier molecular flexibility index (Phi) is 11.0. The van der Waals surface area contributed by atoms with E-state index in [2.05, 4.69) is 20.8 Å². The number of carboxylic acids is 2. The van der Waals surface area contributed by atoms with Crippen molar-refractivity contribution in [1.29, 1.82) is 0 Å². The number of hydrogen-bond donors (Lipinski definition) is 7. The first-order valence-electron chi connectivity index (χ1n) is 17.6. The van der Waals surface area contributed by atoms with Crippen LogP contribution in [0.4, 0.5) is 5.13 Å². The van der Waals surface area contributed by atoms with Crippen molar-refractivity contribution in [3.8, 4) is 11.5 Å². The Morgan fingerprint density at radius 2 is 1.82 bits per heavy atom. The summed E-state index contributed by atoms with van der Waals surface area (Å²) in [5.41, 5.74) is 3.49. The molecule has 1 aromatic carbocycles. The summed E-state index contributed by atoms with van der Waals surface area (Å²) in [6, 6.07) is 1.26. The molecule has 3 aliphatic heterocycles. The first-order valence-corrected chi connectivity index (χ1v) is 19.5. The Labute approximate surface area is 327 Å². The summed E-state index contributed by atoms with van der Waals surface area (Å²) in [4.78, 5) is 88.3. The standard InChI is InChI=1S/C35H40N8O11S2/c1-4-41-13-19(27(46)18-11-22(44)23(45)12-21(18)41)28(47)37-7-10-43(8-5-6-9-43)14-17-15-55-31-25(30(49)42(31)26(17)32(50)51)39-29(48)24(20-16-56-34(36)38-20)40-54-35(2,3)33(52)53/h11-13,16,25,31H,4-10,14-15H2,1-3H3,(H7-,36,37,38,39,40,44,45,46,47,48,50,51,52,53)/p+1. The maximum atomic E-state index is 13.6. The van der Waals surface area contributed by atoms with Gasteiger partial charge in [0, 0.05) is 48.4 Å². The van der Waals surface area contributed by atoms with Gasteiger partial charge >= 0.3 is 11.9 Å². The van der Waals surface area contributed by atoms with Gasteiger partial charge in [0.1, 0.15) is 34.9 Å². The van der Waals surface area contributed by atoms with E-state index in [9.17, 15) is 49.2 Å². The number of phenols is 2. The number of thioether (sulfide) groups is 1. The van der Waals surface area contributed by atoms with E-state index in [1.165, 1.54) is 43.3 Å². The smallest absolute Gasteiger partial charge is 0.352 e. The number of aryl methyl sites for hydroxylation is 1. The minimum absolute atomic E-state index is 0.00731. The van der Waals surface area contributed by atoms with E-state index in [4.69, 9.17) is 10.6 Å². The summed E-state index contributed by atoms with van der Waals surface area (Å²) in [6.07, 6.45) is 3.13. The zero-order valence-electron chi connectivity index (χ0n) is 30.6. The number of likely N-dealkylation sites (tertiary alicyclic amines) is 1. The van der Waals surface area contributed by atoms with Crippen molar-refractivity contribution in [3.63, 3.8) is 0 Å². The Morgan fingerprint density at radius 1 is 1.12 bits per heavy atom. The number of fused-ring (bicyclic) bond motifs is 2. The van der Waals surface area contributed by atoms with E-state index in [-0.39, 0.29) is 46.3 Å². The molecule has 21 heteroatoms. The fourth-order valence-corrected chi connectivity index (χ4v) is 8.91. The number of phenolic OH excluding ortho intramolecular Hbond substituents is 2. The molecule has 0 aliphatic carbocycles. The lowest BCUT2D eigenvalue weighted by Gasteiger charge is -2.50. The average molecular weight is 814 g/mol. The van der Waals surface area contributed by atoms with Crippen molar-refractivity contribution in [2.24, 2.45) is 5.16 Å². The highest BCUT2D eigenvalue weighted by Gasteiger charge is 2.55. The molecule has 2 aromatic heterocycles. The maximum absolute atomic E-state index is 13.6. The van der Waals surface area contributed by atoms with Gasteiger partial charge in [-0.15, -0.1) is 23.1 Å². The highest BCUT2D eigenvalue weighted by molar-refractivity contribution is 8.00. The topological polar surface area (TPSA) is 276 Å². The van der Waals surface area contributed by atoms with Crippen LogP contribution in [0.3, 0.4) is 0 Å². The van der Waals surface area contributed by atoms with Crippen LogP contribution in [0.1, 0.15) is 49.7 Å². The first-order chi connectivity index (χ1) is 26.5. The number of carboxylic acid groups (broad SMARTS) is 2. The second kappa shape index (κ2) is 15.5. The number of nitrogens with one attached hydrogen (secondary N) is 2. The SMILES string of the molecule is CCn1cc(C(=O)NCC[N+]2(CC3=C(C(=O)O)N4C(=O)C(NC(=O)C(=NOC(C)(C)C(=O)O)c5csc(N)n5)C4SC3)CCCC2)c(=O)c2cc(O)c(O)cc21. The van der Waals surface area contributed by atoms with Crippen LogP contribution in [0.15, 0.2) is 44.9 Å². The molecule has 5 heterocycles. The van der Waals surface area contributed by atoms with Crippen molar-refractivity contribution >= 4 is 74.5 Å². The second-order valence-electron chi connectivity index (χ2n) is 14.2. The third-order valence-corrected chi connectivity index (χ3v) is 12.1. The van der Waals surface area contributed by atoms with E-state index in [1.54, 1.807) is 4.57 Å². The molecule has 0 radical (unpaired) electrons. The fraction of sp³-hybridized carbons (Fsp3) is 0.429. The second-order valence-corrected chi connectivity index (χ2v) is 16.2. The van der Waals surface area contributed by atoms with E-state index in [0.29, 0.717) is 41.8 Å². The molecule has 0 bridgehead atoms. The molecule has 0 saturated carbocycles. The number of pyridine rings is 1. The molecule has 2 fully saturated rings. The van der Waals surface area contributed by atoms with E-state index < -0.39 is 69.3 Å². The van der Waals surface area contributed by atoms with Gasteiger partial charge in [0.25, 0.3) is 17.7 Å². The predicted molar refractivity (Wildman–Crippen MR) is 204 cm³/mol. The number of carbonyl (C=O) groups excluding carboxylic acids is 3. The zero-order valence-corrected chi connectivity index (χ0v) is 32.2. The van der Waals surface area contributed by atoms with Gasteiger partial charge < -0.3 is 50.7 Å². The number of amides is 3. The molecule has 298 valence electrons. The third kappa shape index (κ3) is 7.60. The van der Waals surface area contributed by atoms with Crippen molar-refractivity contribution in [2.45, 2.75) is 57.2 Å². The van der Waals surface area contributed by atoms with Crippen LogP contribution in [-0.4, -0.2) is 130 Å². The third-order valence-electron chi connectivity index (χ3n) is 10.1. The van der Waals surface area contributed by atoms with Crippen LogP contribution in [0.5, 0.6) is 11.5 Å². The van der Waals surface area contributed by atoms with Gasteiger partial charge in [-0.25, -0.2) is 14.6 Å². The number of nitrogens with two attached hydrogens (primary N) is 1. The molecule has 6 rings (SSSR count). The lowest BCUT2D eigenvalue weighted by Crippen LogP contribution is -2.71. The zero-order chi connectivity index (χ0) is 40.7. The van der Waals surface area contributed by atoms with Gasteiger partial charge in [-0.05, 0) is 26.8 Å².